The fourth-order valence-corrected chi connectivity index (χ4v) is 3.28. The van der Waals surface area contributed by atoms with Crippen LogP contribution in [0.5, 0.6) is 0 Å². The van der Waals surface area contributed by atoms with E-state index < -0.39 is 11.5 Å². The van der Waals surface area contributed by atoms with Crippen molar-refractivity contribution in [2.45, 2.75) is 71.4 Å². The first-order valence-electron chi connectivity index (χ1n) is 8.01. The molecule has 118 valence electrons. The van der Waals surface area contributed by atoms with Crippen molar-refractivity contribution in [3.05, 3.63) is 17.2 Å². The van der Waals surface area contributed by atoms with Gasteiger partial charge in [-0.1, -0.05) is 6.92 Å². The summed E-state index contributed by atoms with van der Waals surface area (Å²) in [5, 5.41) is 12.5. The summed E-state index contributed by atoms with van der Waals surface area (Å²) in [5.41, 5.74) is 1.80. The Kier molecular flexibility index (Phi) is 5.04. The lowest BCUT2D eigenvalue weighted by atomic mass is 9.95. The molecule has 0 aliphatic heterocycles. The quantitative estimate of drug-likeness (QED) is 0.809. The molecule has 1 atom stereocenters. The third-order valence-electron chi connectivity index (χ3n) is 4.52. The highest BCUT2D eigenvalue weighted by molar-refractivity contribution is 5.78. The van der Waals surface area contributed by atoms with Gasteiger partial charge in [0.25, 0.3) is 0 Å². The second-order valence-corrected chi connectivity index (χ2v) is 6.18. The Hall–Kier alpha value is -1.36. The number of nitrogens with zero attached hydrogens (tertiary/aromatic N) is 2. The summed E-state index contributed by atoms with van der Waals surface area (Å²) in [5.74, 6) is 0.302. The third kappa shape index (κ3) is 3.46. The normalized spacial score (nSPS) is 17.3. The van der Waals surface area contributed by atoms with Crippen LogP contribution in [0.1, 0.15) is 56.7 Å². The van der Waals surface area contributed by atoms with Gasteiger partial charge < -0.3 is 15.0 Å². The molecule has 1 aromatic heterocycles. The van der Waals surface area contributed by atoms with E-state index in [-0.39, 0.29) is 0 Å². The minimum Gasteiger partial charge on any atom is -0.480 e. The first-order valence-corrected chi connectivity index (χ1v) is 8.01. The molecule has 0 saturated carbocycles. The van der Waals surface area contributed by atoms with Gasteiger partial charge in [0.05, 0.1) is 5.69 Å². The Morgan fingerprint density at radius 1 is 1.43 bits per heavy atom. The van der Waals surface area contributed by atoms with Crippen LogP contribution >= 0.6 is 0 Å². The predicted molar refractivity (Wildman–Crippen MR) is 82.6 cm³/mol. The third-order valence-corrected chi connectivity index (χ3v) is 4.52. The number of carbonyl (C=O) groups is 1. The van der Waals surface area contributed by atoms with Crippen LogP contribution in [0.4, 0.5) is 0 Å². The van der Waals surface area contributed by atoms with Gasteiger partial charge in [-0.25, -0.2) is 4.98 Å². The average Bonchev–Trinajstić information content (AvgIpc) is 2.75. The molecule has 1 heterocycles. The summed E-state index contributed by atoms with van der Waals surface area (Å²) >= 11 is 0. The lowest BCUT2D eigenvalue weighted by Crippen LogP contribution is -2.49. The van der Waals surface area contributed by atoms with Crippen molar-refractivity contribution in [1.29, 1.82) is 0 Å². The van der Waals surface area contributed by atoms with E-state index in [1.165, 1.54) is 24.2 Å². The van der Waals surface area contributed by atoms with Gasteiger partial charge in [-0.3, -0.25) is 4.79 Å². The van der Waals surface area contributed by atoms with Crippen molar-refractivity contribution in [2.24, 2.45) is 0 Å². The van der Waals surface area contributed by atoms with Gasteiger partial charge in [-0.05, 0) is 58.9 Å². The standard InChI is InChI=1S/C16H27N3O2/c1-4-17-16(3,15(20)21)10-7-11-19-12(2)18-13-8-5-6-9-14(13)19/h17H,4-11H2,1-3H3,(H,20,21). The molecule has 1 aromatic rings. The maximum absolute atomic E-state index is 11.4. The highest BCUT2D eigenvalue weighted by atomic mass is 16.4. The zero-order chi connectivity index (χ0) is 15.5. The number of hydrogen-bond acceptors (Lipinski definition) is 3. The van der Waals surface area contributed by atoms with E-state index in [2.05, 4.69) is 21.8 Å². The fourth-order valence-electron chi connectivity index (χ4n) is 3.28. The number of rotatable bonds is 7. The van der Waals surface area contributed by atoms with Crippen LogP contribution in [0.2, 0.25) is 0 Å². The van der Waals surface area contributed by atoms with Gasteiger partial charge >= 0.3 is 5.97 Å². The van der Waals surface area contributed by atoms with Gasteiger partial charge in [-0.2, -0.15) is 0 Å². The van der Waals surface area contributed by atoms with Crippen molar-refractivity contribution >= 4 is 5.97 Å². The van der Waals surface area contributed by atoms with Crippen LogP contribution in [0.25, 0.3) is 0 Å². The number of likely N-dealkylation sites (N-methyl/N-ethyl adjacent to an activating group) is 1. The number of hydrogen-bond donors (Lipinski definition) is 2. The van der Waals surface area contributed by atoms with Crippen LogP contribution in [-0.2, 0) is 24.2 Å². The Morgan fingerprint density at radius 3 is 2.81 bits per heavy atom. The Labute approximate surface area is 126 Å². The number of nitrogens with one attached hydrogen (secondary N) is 1. The maximum atomic E-state index is 11.4. The summed E-state index contributed by atoms with van der Waals surface area (Å²) in [6.07, 6.45) is 6.15. The fraction of sp³-hybridized carbons (Fsp3) is 0.750. The zero-order valence-electron chi connectivity index (χ0n) is 13.4. The first kappa shape index (κ1) is 16.0. The molecule has 2 N–H and O–H groups in total. The molecule has 1 aliphatic carbocycles. The van der Waals surface area contributed by atoms with E-state index >= 15 is 0 Å². The van der Waals surface area contributed by atoms with Crippen molar-refractivity contribution in [2.75, 3.05) is 6.54 Å². The van der Waals surface area contributed by atoms with Crippen molar-refractivity contribution in [3.63, 3.8) is 0 Å². The topological polar surface area (TPSA) is 67.2 Å². The molecule has 21 heavy (non-hydrogen) atoms. The van der Waals surface area contributed by atoms with Crippen LogP contribution in [-0.4, -0.2) is 32.7 Å². The van der Waals surface area contributed by atoms with Crippen LogP contribution in [0.15, 0.2) is 0 Å². The lowest BCUT2D eigenvalue weighted by Gasteiger charge is -2.26. The highest BCUT2D eigenvalue weighted by Crippen LogP contribution is 2.23. The van der Waals surface area contributed by atoms with Crippen LogP contribution in [0, 0.1) is 6.92 Å². The summed E-state index contributed by atoms with van der Waals surface area (Å²) in [6, 6.07) is 0. The Morgan fingerprint density at radius 2 is 2.14 bits per heavy atom. The Bertz CT molecular complexity index is 510. The number of aromatic nitrogens is 2. The number of carboxylic acids is 1. The number of imidazole rings is 1. The number of aliphatic carboxylic acids is 1. The van der Waals surface area contributed by atoms with Gasteiger partial charge in [0, 0.05) is 12.2 Å². The summed E-state index contributed by atoms with van der Waals surface area (Å²) in [6.45, 7) is 7.30. The zero-order valence-corrected chi connectivity index (χ0v) is 13.4. The van der Waals surface area contributed by atoms with Gasteiger partial charge in [0.2, 0.25) is 0 Å². The molecular formula is C16H27N3O2. The van der Waals surface area contributed by atoms with Crippen LogP contribution in [0.3, 0.4) is 0 Å². The van der Waals surface area contributed by atoms with Crippen LogP contribution < -0.4 is 5.32 Å². The second kappa shape index (κ2) is 6.60. The van der Waals surface area contributed by atoms with Gasteiger partial charge in [-0.15, -0.1) is 0 Å². The number of fused-ring (bicyclic) bond motifs is 1. The summed E-state index contributed by atoms with van der Waals surface area (Å²) in [4.78, 5) is 16.1. The van der Waals surface area contributed by atoms with Crippen molar-refractivity contribution in [3.8, 4) is 0 Å². The summed E-state index contributed by atoms with van der Waals surface area (Å²) < 4.78 is 2.29. The van der Waals surface area contributed by atoms with Gasteiger partial charge in [0.15, 0.2) is 0 Å². The van der Waals surface area contributed by atoms with E-state index in [4.69, 9.17) is 0 Å². The predicted octanol–water partition coefficient (Wildman–Crippen LogP) is 2.30. The van der Waals surface area contributed by atoms with Gasteiger partial charge in [0.1, 0.15) is 11.4 Å². The monoisotopic (exact) mass is 293 g/mol. The van der Waals surface area contributed by atoms with Crippen molar-refractivity contribution < 1.29 is 9.90 Å². The van der Waals surface area contributed by atoms with E-state index in [9.17, 15) is 9.90 Å². The van der Waals surface area contributed by atoms with E-state index in [1.807, 2.05) is 6.92 Å². The molecular weight excluding hydrogens is 266 g/mol. The van der Waals surface area contributed by atoms with Crippen molar-refractivity contribution in [1.82, 2.24) is 14.9 Å². The minimum absolute atomic E-state index is 0.628. The molecule has 1 aliphatic rings. The average molecular weight is 293 g/mol. The Balaban J connectivity index is 2.00. The molecule has 0 bridgehead atoms. The summed E-state index contributed by atoms with van der Waals surface area (Å²) in [7, 11) is 0. The lowest BCUT2D eigenvalue weighted by molar-refractivity contribution is -0.144. The molecule has 0 saturated heterocycles. The largest absolute Gasteiger partial charge is 0.480 e. The maximum Gasteiger partial charge on any atom is 0.323 e. The SMILES string of the molecule is CCNC(C)(CCCn1c(C)nc2c1CCCC2)C(=O)O. The molecule has 2 rings (SSSR count). The second-order valence-electron chi connectivity index (χ2n) is 6.18. The molecule has 5 nitrogen and oxygen atoms in total. The van der Waals surface area contributed by atoms with E-state index in [0.717, 1.165) is 31.6 Å². The highest BCUT2D eigenvalue weighted by Gasteiger charge is 2.31. The molecule has 0 fully saturated rings. The first-order chi connectivity index (χ1) is 9.98. The molecule has 0 spiro atoms. The smallest absolute Gasteiger partial charge is 0.323 e. The van der Waals surface area contributed by atoms with E-state index in [1.54, 1.807) is 6.92 Å². The number of aryl methyl sites for hydroxylation is 2. The molecule has 0 amide bonds. The number of carboxylic acid groups (broad SMARTS) is 1. The minimum atomic E-state index is -0.830. The molecule has 1 unspecified atom stereocenters. The molecule has 0 radical (unpaired) electrons. The molecule has 5 heteroatoms. The molecule has 0 aromatic carbocycles. The van der Waals surface area contributed by atoms with E-state index in [0.29, 0.717) is 13.0 Å².